The van der Waals surface area contributed by atoms with Gasteiger partial charge in [-0.3, -0.25) is 4.79 Å². The first-order chi connectivity index (χ1) is 10.4. The molecule has 2 aromatic rings. The predicted molar refractivity (Wildman–Crippen MR) is 84.3 cm³/mol. The zero-order chi connectivity index (χ0) is 16.2. The van der Waals surface area contributed by atoms with Crippen LogP contribution in [-0.2, 0) is 16.8 Å². The van der Waals surface area contributed by atoms with E-state index in [1.165, 1.54) is 6.07 Å². The van der Waals surface area contributed by atoms with Crippen LogP contribution in [-0.4, -0.2) is 13.0 Å². The van der Waals surface area contributed by atoms with Crippen LogP contribution in [0.1, 0.15) is 25.0 Å². The van der Waals surface area contributed by atoms with Gasteiger partial charge in [-0.1, -0.05) is 36.4 Å². The molecule has 0 aliphatic carbocycles. The van der Waals surface area contributed by atoms with E-state index in [4.69, 9.17) is 4.74 Å². The van der Waals surface area contributed by atoms with Crippen molar-refractivity contribution in [2.24, 2.45) is 0 Å². The van der Waals surface area contributed by atoms with Gasteiger partial charge in [0.2, 0.25) is 5.91 Å². The Kier molecular flexibility index (Phi) is 4.81. The molecule has 0 heterocycles. The number of halogens is 1. The maximum absolute atomic E-state index is 13.9. The molecule has 0 radical (unpaired) electrons. The van der Waals surface area contributed by atoms with E-state index in [1.807, 2.05) is 24.3 Å². The minimum absolute atomic E-state index is 0.182. The van der Waals surface area contributed by atoms with Crippen LogP contribution >= 0.6 is 0 Å². The summed E-state index contributed by atoms with van der Waals surface area (Å²) < 4.78 is 19.2. The second-order valence-electron chi connectivity index (χ2n) is 5.64. The molecule has 0 unspecified atom stereocenters. The standard InChI is InChI=1S/C18H20FNO2/c1-18(2,14-9-5-6-10-15(14)19)20-17(21)12-13-8-4-7-11-16(13)22-3/h4-11H,12H2,1-3H3,(H,20,21). The van der Waals surface area contributed by atoms with Gasteiger partial charge in [0.15, 0.2) is 0 Å². The number of hydrogen-bond acceptors (Lipinski definition) is 2. The highest BCUT2D eigenvalue weighted by atomic mass is 19.1. The average Bonchev–Trinajstić information content (AvgIpc) is 2.47. The van der Waals surface area contributed by atoms with Gasteiger partial charge in [0, 0.05) is 11.1 Å². The molecule has 3 nitrogen and oxygen atoms in total. The fraction of sp³-hybridized carbons (Fsp3) is 0.278. The van der Waals surface area contributed by atoms with Crippen LogP contribution < -0.4 is 10.1 Å². The summed E-state index contributed by atoms with van der Waals surface area (Å²) in [5.41, 5.74) is 0.472. The van der Waals surface area contributed by atoms with E-state index >= 15 is 0 Å². The van der Waals surface area contributed by atoms with E-state index in [0.717, 1.165) is 5.56 Å². The molecule has 1 amide bonds. The summed E-state index contributed by atoms with van der Waals surface area (Å²) in [6.45, 7) is 3.57. The number of nitrogens with one attached hydrogen (secondary N) is 1. The number of rotatable bonds is 5. The van der Waals surface area contributed by atoms with Crippen LogP contribution in [0.5, 0.6) is 5.75 Å². The van der Waals surface area contributed by atoms with Crippen molar-refractivity contribution in [2.75, 3.05) is 7.11 Å². The largest absolute Gasteiger partial charge is 0.496 e. The van der Waals surface area contributed by atoms with Gasteiger partial charge in [-0.25, -0.2) is 4.39 Å². The molecule has 0 spiro atoms. The Hall–Kier alpha value is -2.36. The summed E-state index contributed by atoms with van der Waals surface area (Å²) >= 11 is 0. The number of benzene rings is 2. The Morgan fingerprint density at radius 3 is 2.45 bits per heavy atom. The Morgan fingerprint density at radius 2 is 1.77 bits per heavy atom. The van der Waals surface area contributed by atoms with Crippen molar-refractivity contribution >= 4 is 5.91 Å². The fourth-order valence-electron chi connectivity index (χ4n) is 2.45. The highest BCUT2D eigenvalue weighted by molar-refractivity contribution is 5.80. The predicted octanol–water partition coefficient (Wildman–Crippen LogP) is 3.43. The van der Waals surface area contributed by atoms with E-state index in [1.54, 1.807) is 39.2 Å². The van der Waals surface area contributed by atoms with Gasteiger partial charge in [0.1, 0.15) is 11.6 Å². The summed E-state index contributed by atoms with van der Waals surface area (Å²) in [6, 6.07) is 13.8. The highest BCUT2D eigenvalue weighted by Crippen LogP contribution is 2.24. The van der Waals surface area contributed by atoms with E-state index in [2.05, 4.69) is 5.32 Å². The van der Waals surface area contributed by atoms with Crippen LogP contribution in [0.3, 0.4) is 0 Å². The van der Waals surface area contributed by atoms with Crippen molar-refractivity contribution < 1.29 is 13.9 Å². The monoisotopic (exact) mass is 301 g/mol. The highest BCUT2D eigenvalue weighted by Gasteiger charge is 2.26. The Bertz CT molecular complexity index is 668. The lowest BCUT2D eigenvalue weighted by Gasteiger charge is -2.27. The molecule has 0 saturated heterocycles. The third-order valence-electron chi connectivity index (χ3n) is 3.54. The van der Waals surface area contributed by atoms with Crippen molar-refractivity contribution in [2.45, 2.75) is 25.8 Å². The molecule has 2 aromatic carbocycles. The van der Waals surface area contributed by atoms with Gasteiger partial charge in [-0.15, -0.1) is 0 Å². The van der Waals surface area contributed by atoms with Crippen molar-refractivity contribution in [3.8, 4) is 5.75 Å². The van der Waals surface area contributed by atoms with Gasteiger partial charge in [-0.2, -0.15) is 0 Å². The molecule has 0 aliphatic heterocycles. The minimum atomic E-state index is -0.787. The fourth-order valence-corrected chi connectivity index (χ4v) is 2.45. The van der Waals surface area contributed by atoms with Crippen LogP contribution in [0.15, 0.2) is 48.5 Å². The number of ether oxygens (including phenoxy) is 1. The molecule has 116 valence electrons. The lowest BCUT2D eigenvalue weighted by atomic mass is 9.93. The number of methoxy groups -OCH3 is 1. The van der Waals surface area contributed by atoms with E-state index < -0.39 is 5.54 Å². The number of amides is 1. The van der Waals surface area contributed by atoms with Crippen LogP contribution in [0.25, 0.3) is 0 Å². The second-order valence-corrected chi connectivity index (χ2v) is 5.64. The van der Waals surface area contributed by atoms with Crippen LogP contribution in [0, 0.1) is 5.82 Å². The smallest absolute Gasteiger partial charge is 0.225 e. The molecule has 0 aromatic heterocycles. The molecule has 0 aliphatic rings. The Labute approximate surface area is 130 Å². The van der Waals surface area contributed by atoms with Crippen molar-refractivity contribution in [3.05, 3.63) is 65.5 Å². The normalized spacial score (nSPS) is 11.1. The third kappa shape index (κ3) is 3.64. The summed E-state index contributed by atoms with van der Waals surface area (Å²) in [7, 11) is 1.57. The summed E-state index contributed by atoms with van der Waals surface area (Å²) in [4.78, 5) is 12.3. The van der Waals surface area contributed by atoms with Crippen molar-refractivity contribution in [1.29, 1.82) is 0 Å². The van der Waals surface area contributed by atoms with Gasteiger partial charge in [0.25, 0.3) is 0 Å². The zero-order valence-corrected chi connectivity index (χ0v) is 13.0. The number of hydrogen-bond donors (Lipinski definition) is 1. The molecule has 1 N–H and O–H groups in total. The van der Waals surface area contributed by atoms with E-state index in [0.29, 0.717) is 11.3 Å². The zero-order valence-electron chi connectivity index (χ0n) is 13.0. The Morgan fingerprint density at radius 1 is 1.14 bits per heavy atom. The second kappa shape index (κ2) is 6.60. The quantitative estimate of drug-likeness (QED) is 0.919. The number of carbonyl (C=O) groups excluding carboxylic acids is 1. The Balaban J connectivity index is 2.13. The molecule has 2 rings (SSSR count). The first-order valence-electron chi connectivity index (χ1n) is 7.12. The molecule has 4 heteroatoms. The maximum Gasteiger partial charge on any atom is 0.225 e. The van der Waals surface area contributed by atoms with Gasteiger partial charge >= 0.3 is 0 Å². The molecular weight excluding hydrogens is 281 g/mol. The SMILES string of the molecule is COc1ccccc1CC(=O)NC(C)(C)c1ccccc1F. The van der Waals surface area contributed by atoms with Crippen LogP contribution in [0.2, 0.25) is 0 Å². The van der Waals surface area contributed by atoms with Crippen molar-refractivity contribution in [1.82, 2.24) is 5.32 Å². The van der Waals surface area contributed by atoms with E-state index in [-0.39, 0.29) is 18.1 Å². The first kappa shape index (κ1) is 16.0. The molecule has 0 fully saturated rings. The van der Waals surface area contributed by atoms with Gasteiger partial charge in [-0.05, 0) is 26.0 Å². The summed E-state index contributed by atoms with van der Waals surface area (Å²) in [6.07, 6.45) is 0.182. The lowest BCUT2D eigenvalue weighted by Crippen LogP contribution is -2.42. The van der Waals surface area contributed by atoms with E-state index in [9.17, 15) is 9.18 Å². The number of para-hydroxylation sites is 1. The molecule has 0 saturated carbocycles. The average molecular weight is 301 g/mol. The number of carbonyl (C=O) groups is 1. The maximum atomic E-state index is 13.9. The summed E-state index contributed by atoms with van der Waals surface area (Å²) in [5, 5.41) is 2.88. The first-order valence-corrected chi connectivity index (χ1v) is 7.12. The van der Waals surface area contributed by atoms with Gasteiger partial charge < -0.3 is 10.1 Å². The molecule has 22 heavy (non-hydrogen) atoms. The van der Waals surface area contributed by atoms with Gasteiger partial charge in [0.05, 0.1) is 19.1 Å². The lowest BCUT2D eigenvalue weighted by molar-refractivity contribution is -0.122. The molecular formula is C18H20FNO2. The topological polar surface area (TPSA) is 38.3 Å². The van der Waals surface area contributed by atoms with Crippen LogP contribution in [0.4, 0.5) is 4.39 Å². The minimum Gasteiger partial charge on any atom is -0.496 e. The summed E-state index contributed by atoms with van der Waals surface area (Å²) in [5.74, 6) is 0.157. The third-order valence-corrected chi connectivity index (χ3v) is 3.54. The molecule has 0 bridgehead atoms. The van der Waals surface area contributed by atoms with Crippen molar-refractivity contribution in [3.63, 3.8) is 0 Å². The molecule has 0 atom stereocenters.